The Labute approximate surface area is 94.4 Å². The molecular weight excluding hydrogens is 184 g/mol. The van der Waals surface area contributed by atoms with Crippen molar-refractivity contribution in [2.24, 2.45) is 5.92 Å². The van der Waals surface area contributed by atoms with Crippen molar-refractivity contribution in [1.29, 1.82) is 0 Å². The van der Waals surface area contributed by atoms with Gasteiger partial charge < -0.3 is 10.2 Å². The smallest absolute Gasteiger partial charge is 0.0224 e. The molecule has 0 aliphatic carbocycles. The molecule has 0 aromatic rings. The molecule has 2 aliphatic heterocycles. The first-order valence-corrected chi connectivity index (χ1v) is 6.86. The molecule has 15 heavy (non-hydrogen) atoms. The van der Waals surface area contributed by atoms with Gasteiger partial charge in [0.25, 0.3) is 0 Å². The van der Waals surface area contributed by atoms with Crippen LogP contribution >= 0.6 is 0 Å². The monoisotopic (exact) mass is 210 g/mol. The van der Waals surface area contributed by atoms with Crippen molar-refractivity contribution >= 4 is 0 Å². The fraction of sp³-hybridized carbons (Fsp3) is 1.00. The summed E-state index contributed by atoms with van der Waals surface area (Å²) in [5, 5.41) is 3.65. The molecule has 2 atom stereocenters. The minimum absolute atomic E-state index is 0.824. The first-order chi connectivity index (χ1) is 7.40. The van der Waals surface area contributed by atoms with Gasteiger partial charge in [-0.15, -0.1) is 0 Å². The number of fused-ring (bicyclic) bond motifs is 1. The van der Waals surface area contributed by atoms with E-state index in [2.05, 4.69) is 17.1 Å². The van der Waals surface area contributed by atoms with E-state index in [1.54, 1.807) is 0 Å². The number of piperidine rings is 1. The van der Waals surface area contributed by atoms with E-state index in [0.29, 0.717) is 0 Å². The summed E-state index contributed by atoms with van der Waals surface area (Å²) in [7, 11) is 0. The molecule has 2 nitrogen and oxygen atoms in total. The van der Waals surface area contributed by atoms with E-state index in [9.17, 15) is 0 Å². The van der Waals surface area contributed by atoms with Gasteiger partial charge in [0.2, 0.25) is 0 Å². The molecule has 0 saturated carbocycles. The summed E-state index contributed by atoms with van der Waals surface area (Å²) in [5.41, 5.74) is 0. The Kier molecular flexibility index (Phi) is 4.45. The zero-order valence-corrected chi connectivity index (χ0v) is 10.2. The molecule has 0 amide bonds. The van der Waals surface area contributed by atoms with Crippen molar-refractivity contribution in [3.05, 3.63) is 0 Å². The number of likely N-dealkylation sites (tertiary alicyclic amines) is 1. The Balaban J connectivity index is 1.62. The highest BCUT2D eigenvalue weighted by molar-refractivity contribution is 4.90. The van der Waals surface area contributed by atoms with E-state index in [1.165, 1.54) is 64.7 Å². The number of hydrogen-bond acceptors (Lipinski definition) is 2. The standard InChI is InChI=1S/C13H26N2/c1-2-3-4-5-9-15-10-7-12-6-8-14-13(12)11-15/h12-14H,2-11H2,1H3. The molecule has 0 aromatic carbocycles. The summed E-state index contributed by atoms with van der Waals surface area (Å²) in [5.74, 6) is 0.997. The van der Waals surface area contributed by atoms with Crippen LogP contribution in [0.1, 0.15) is 45.4 Å². The van der Waals surface area contributed by atoms with Gasteiger partial charge in [-0.3, -0.25) is 0 Å². The predicted octanol–water partition coefficient (Wildman–Crippen LogP) is 2.25. The Morgan fingerprint density at radius 3 is 3.00 bits per heavy atom. The molecule has 0 radical (unpaired) electrons. The van der Waals surface area contributed by atoms with Crippen LogP contribution in [0, 0.1) is 5.92 Å². The van der Waals surface area contributed by atoms with Gasteiger partial charge in [0.1, 0.15) is 0 Å². The number of unbranched alkanes of at least 4 members (excludes halogenated alkanes) is 3. The molecule has 0 aromatic heterocycles. The molecule has 2 fully saturated rings. The highest BCUT2D eigenvalue weighted by atomic mass is 15.2. The summed E-state index contributed by atoms with van der Waals surface area (Å²) in [6.07, 6.45) is 8.46. The molecule has 2 rings (SSSR count). The second-order valence-electron chi connectivity index (χ2n) is 5.26. The lowest BCUT2D eigenvalue weighted by molar-refractivity contribution is 0.164. The lowest BCUT2D eigenvalue weighted by atomic mass is 9.92. The number of hydrogen-bond donors (Lipinski definition) is 1. The van der Waals surface area contributed by atoms with E-state index in [-0.39, 0.29) is 0 Å². The van der Waals surface area contributed by atoms with Crippen LogP contribution in [0.25, 0.3) is 0 Å². The van der Waals surface area contributed by atoms with Crippen molar-refractivity contribution in [3.8, 4) is 0 Å². The van der Waals surface area contributed by atoms with Gasteiger partial charge in [0.15, 0.2) is 0 Å². The molecule has 2 aliphatic rings. The third-order valence-electron chi connectivity index (χ3n) is 4.09. The zero-order chi connectivity index (χ0) is 10.5. The van der Waals surface area contributed by atoms with Crippen LogP contribution in [-0.4, -0.2) is 37.1 Å². The van der Waals surface area contributed by atoms with Gasteiger partial charge in [0, 0.05) is 12.6 Å². The molecule has 2 heterocycles. The van der Waals surface area contributed by atoms with Crippen LogP contribution in [0.2, 0.25) is 0 Å². The summed E-state index contributed by atoms with van der Waals surface area (Å²) in [4.78, 5) is 2.68. The molecule has 0 spiro atoms. The molecule has 88 valence electrons. The molecule has 2 heteroatoms. The third-order valence-corrected chi connectivity index (χ3v) is 4.09. The Bertz CT molecular complexity index is 181. The fourth-order valence-electron chi connectivity index (χ4n) is 3.06. The van der Waals surface area contributed by atoms with E-state index in [0.717, 1.165) is 12.0 Å². The average Bonchev–Trinajstić information content (AvgIpc) is 2.71. The first-order valence-electron chi connectivity index (χ1n) is 6.86. The zero-order valence-electron chi connectivity index (χ0n) is 10.2. The summed E-state index contributed by atoms with van der Waals surface area (Å²) < 4.78 is 0. The highest BCUT2D eigenvalue weighted by Gasteiger charge is 2.31. The molecule has 2 saturated heterocycles. The van der Waals surface area contributed by atoms with Crippen molar-refractivity contribution < 1.29 is 0 Å². The summed E-state index contributed by atoms with van der Waals surface area (Å²) >= 11 is 0. The maximum Gasteiger partial charge on any atom is 0.0224 e. The minimum Gasteiger partial charge on any atom is -0.312 e. The number of rotatable bonds is 5. The van der Waals surface area contributed by atoms with Gasteiger partial charge in [0.05, 0.1) is 0 Å². The quantitative estimate of drug-likeness (QED) is 0.700. The molecular formula is C13H26N2. The molecule has 2 unspecified atom stereocenters. The third kappa shape index (κ3) is 3.18. The van der Waals surface area contributed by atoms with E-state index in [4.69, 9.17) is 0 Å². The topological polar surface area (TPSA) is 15.3 Å². The highest BCUT2D eigenvalue weighted by Crippen LogP contribution is 2.25. The molecule has 1 N–H and O–H groups in total. The second kappa shape index (κ2) is 5.86. The van der Waals surface area contributed by atoms with Crippen molar-refractivity contribution in [2.75, 3.05) is 26.2 Å². The van der Waals surface area contributed by atoms with Crippen LogP contribution in [0.3, 0.4) is 0 Å². The van der Waals surface area contributed by atoms with E-state index in [1.807, 2.05) is 0 Å². The number of nitrogens with zero attached hydrogens (tertiary/aromatic N) is 1. The van der Waals surface area contributed by atoms with Crippen LogP contribution < -0.4 is 5.32 Å². The van der Waals surface area contributed by atoms with Gasteiger partial charge >= 0.3 is 0 Å². The first kappa shape index (κ1) is 11.4. The largest absolute Gasteiger partial charge is 0.312 e. The second-order valence-corrected chi connectivity index (χ2v) is 5.26. The SMILES string of the molecule is CCCCCCN1CCC2CCNC2C1. The van der Waals surface area contributed by atoms with Crippen LogP contribution in [0.4, 0.5) is 0 Å². The normalized spacial score (nSPS) is 31.8. The van der Waals surface area contributed by atoms with Crippen molar-refractivity contribution in [1.82, 2.24) is 10.2 Å². The lowest BCUT2D eigenvalue weighted by Crippen LogP contribution is -2.46. The summed E-state index contributed by atoms with van der Waals surface area (Å²) in [6.45, 7) is 7.56. The van der Waals surface area contributed by atoms with Crippen LogP contribution in [-0.2, 0) is 0 Å². The van der Waals surface area contributed by atoms with E-state index < -0.39 is 0 Å². The Morgan fingerprint density at radius 1 is 1.20 bits per heavy atom. The van der Waals surface area contributed by atoms with E-state index >= 15 is 0 Å². The Hall–Kier alpha value is -0.0800. The van der Waals surface area contributed by atoms with Crippen LogP contribution in [0.15, 0.2) is 0 Å². The van der Waals surface area contributed by atoms with Gasteiger partial charge in [-0.2, -0.15) is 0 Å². The fourth-order valence-corrected chi connectivity index (χ4v) is 3.06. The van der Waals surface area contributed by atoms with Gasteiger partial charge in [-0.05, 0) is 44.8 Å². The van der Waals surface area contributed by atoms with Crippen molar-refractivity contribution in [2.45, 2.75) is 51.5 Å². The van der Waals surface area contributed by atoms with Crippen LogP contribution in [0.5, 0.6) is 0 Å². The maximum atomic E-state index is 3.65. The van der Waals surface area contributed by atoms with Crippen molar-refractivity contribution in [3.63, 3.8) is 0 Å². The average molecular weight is 210 g/mol. The summed E-state index contributed by atoms with van der Waals surface area (Å²) in [6, 6.07) is 0.824. The van der Waals surface area contributed by atoms with Gasteiger partial charge in [-0.25, -0.2) is 0 Å². The lowest BCUT2D eigenvalue weighted by Gasteiger charge is -2.34. The minimum atomic E-state index is 0.824. The number of nitrogens with one attached hydrogen (secondary N) is 1. The molecule has 0 bridgehead atoms. The Morgan fingerprint density at radius 2 is 2.13 bits per heavy atom. The van der Waals surface area contributed by atoms with Gasteiger partial charge in [-0.1, -0.05) is 26.2 Å². The predicted molar refractivity (Wildman–Crippen MR) is 65.1 cm³/mol. The maximum absolute atomic E-state index is 3.65.